The summed E-state index contributed by atoms with van der Waals surface area (Å²) in [5, 5.41) is 20.3. The number of aliphatic hydroxyl groups is 1. The van der Waals surface area contributed by atoms with Crippen LogP contribution in [-0.4, -0.2) is 58.3 Å². The average Bonchev–Trinajstić information content (AvgIpc) is 2.79. The van der Waals surface area contributed by atoms with Crippen LogP contribution in [0.2, 0.25) is 0 Å². The van der Waals surface area contributed by atoms with Gasteiger partial charge in [-0.05, 0) is 26.4 Å². The Balaban J connectivity index is 2.34. The van der Waals surface area contributed by atoms with E-state index in [1.54, 1.807) is 4.68 Å². The summed E-state index contributed by atoms with van der Waals surface area (Å²) >= 11 is 0. The first-order chi connectivity index (χ1) is 9.04. The van der Waals surface area contributed by atoms with E-state index >= 15 is 0 Å². The van der Waals surface area contributed by atoms with Gasteiger partial charge in [-0.25, -0.2) is 0 Å². The zero-order valence-electron chi connectivity index (χ0n) is 12.5. The van der Waals surface area contributed by atoms with E-state index in [2.05, 4.69) is 48.5 Å². The Morgan fingerprint density at radius 3 is 2.74 bits per heavy atom. The van der Waals surface area contributed by atoms with E-state index in [1.165, 1.54) is 0 Å². The van der Waals surface area contributed by atoms with E-state index < -0.39 is 0 Å². The molecule has 110 valence electrons. The van der Waals surface area contributed by atoms with Gasteiger partial charge in [-0.3, -0.25) is 4.68 Å². The molecule has 0 spiro atoms. The van der Waals surface area contributed by atoms with Crippen molar-refractivity contribution in [3.8, 4) is 0 Å². The number of likely N-dealkylation sites (N-methyl/N-ethyl adjacent to an activating group) is 1. The highest BCUT2D eigenvalue weighted by Gasteiger charge is 2.15. The molecule has 6 nitrogen and oxygen atoms in total. The lowest BCUT2D eigenvalue weighted by Gasteiger charge is -2.28. The van der Waals surface area contributed by atoms with Crippen LogP contribution in [0, 0.1) is 5.92 Å². The van der Waals surface area contributed by atoms with Crippen molar-refractivity contribution in [1.29, 1.82) is 0 Å². The Morgan fingerprint density at radius 1 is 1.42 bits per heavy atom. The van der Waals surface area contributed by atoms with Gasteiger partial charge >= 0.3 is 0 Å². The fourth-order valence-electron chi connectivity index (χ4n) is 2.12. The average molecular weight is 269 g/mol. The second kappa shape index (κ2) is 8.24. The number of aromatic nitrogens is 3. The number of nitrogens with one attached hydrogen (secondary N) is 1. The fourth-order valence-corrected chi connectivity index (χ4v) is 2.12. The largest absolute Gasteiger partial charge is 0.396 e. The number of hydrogen-bond donors (Lipinski definition) is 2. The Morgan fingerprint density at radius 2 is 2.16 bits per heavy atom. The van der Waals surface area contributed by atoms with Crippen LogP contribution >= 0.6 is 0 Å². The van der Waals surface area contributed by atoms with Gasteiger partial charge in [0.2, 0.25) is 0 Å². The number of aryl methyl sites for hydroxylation is 1. The summed E-state index contributed by atoms with van der Waals surface area (Å²) in [5.74, 6) is 0.614. The highest BCUT2D eigenvalue weighted by molar-refractivity contribution is 4.91. The standard InChI is InChI=1S/C13H27N5O/c1-11(2)13(17(3)4)9-14-8-12-10-18(16-15-12)6-5-7-19/h10-11,13-14,19H,5-9H2,1-4H3. The Bertz CT molecular complexity index is 343. The quantitative estimate of drug-likeness (QED) is 0.676. The maximum atomic E-state index is 8.76. The van der Waals surface area contributed by atoms with Gasteiger partial charge in [0.05, 0.1) is 5.69 Å². The molecule has 1 atom stereocenters. The van der Waals surface area contributed by atoms with Crippen LogP contribution in [0.5, 0.6) is 0 Å². The molecular formula is C13H27N5O. The van der Waals surface area contributed by atoms with Crippen molar-refractivity contribution in [3.63, 3.8) is 0 Å². The normalized spacial score (nSPS) is 13.4. The first-order valence-corrected chi connectivity index (χ1v) is 6.91. The Kier molecular flexibility index (Phi) is 6.97. The number of aliphatic hydroxyl groups excluding tert-OH is 1. The van der Waals surface area contributed by atoms with Gasteiger partial charge in [0.15, 0.2) is 0 Å². The molecule has 1 unspecified atom stereocenters. The van der Waals surface area contributed by atoms with E-state index in [0.717, 1.165) is 25.3 Å². The first-order valence-electron chi connectivity index (χ1n) is 6.91. The van der Waals surface area contributed by atoms with Crippen molar-refractivity contribution >= 4 is 0 Å². The minimum Gasteiger partial charge on any atom is -0.396 e. The van der Waals surface area contributed by atoms with Crippen molar-refractivity contribution in [2.24, 2.45) is 5.92 Å². The SMILES string of the molecule is CC(C)C(CNCc1cn(CCCO)nn1)N(C)C. The molecule has 0 radical (unpaired) electrons. The lowest BCUT2D eigenvalue weighted by atomic mass is 10.0. The molecule has 6 heteroatoms. The molecule has 0 aromatic carbocycles. The molecule has 0 saturated carbocycles. The van der Waals surface area contributed by atoms with Crippen molar-refractivity contribution in [2.75, 3.05) is 27.2 Å². The third-order valence-corrected chi connectivity index (χ3v) is 3.22. The summed E-state index contributed by atoms with van der Waals surface area (Å²) in [5.41, 5.74) is 0.944. The smallest absolute Gasteiger partial charge is 0.0964 e. The first kappa shape index (κ1) is 16.1. The lowest BCUT2D eigenvalue weighted by molar-refractivity contribution is 0.224. The van der Waals surface area contributed by atoms with E-state index in [0.29, 0.717) is 18.4 Å². The van der Waals surface area contributed by atoms with E-state index in [1.807, 2.05) is 6.20 Å². The highest BCUT2D eigenvalue weighted by Crippen LogP contribution is 2.06. The molecule has 0 bridgehead atoms. The zero-order valence-corrected chi connectivity index (χ0v) is 12.5. The molecule has 0 amide bonds. The van der Waals surface area contributed by atoms with Crippen LogP contribution in [0.4, 0.5) is 0 Å². The van der Waals surface area contributed by atoms with Gasteiger partial charge in [0.25, 0.3) is 0 Å². The second-order valence-electron chi connectivity index (χ2n) is 5.46. The summed E-state index contributed by atoms with van der Waals surface area (Å²) in [6, 6.07) is 0.518. The third kappa shape index (κ3) is 5.67. The Labute approximate surface area is 115 Å². The lowest BCUT2D eigenvalue weighted by Crippen LogP contribution is -2.41. The molecule has 2 N–H and O–H groups in total. The van der Waals surface area contributed by atoms with E-state index in [9.17, 15) is 0 Å². The summed E-state index contributed by atoms with van der Waals surface area (Å²) < 4.78 is 1.78. The predicted octanol–water partition coefficient (Wildman–Crippen LogP) is 0.336. The molecule has 1 rings (SSSR count). The van der Waals surface area contributed by atoms with Crippen LogP contribution < -0.4 is 5.32 Å². The predicted molar refractivity (Wildman–Crippen MR) is 75.7 cm³/mol. The summed E-state index contributed by atoms with van der Waals surface area (Å²) in [7, 11) is 4.22. The molecular weight excluding hydrogens is 242 g/mol. The molecule has 1 aromatic rings. The third-order valence-electron chi connectivity index (χ3n) is 3.22. The topological polar surface area (TPSA) is 66.2 Å². The molecule has 0 aliphatic rings. The summed E-state index contributed by atoms with van der Waals surface area (Å²) in [6.07, 6.45) is 2.65. The number of rotatable bonds is 9. The number of hydrogen-bond acceptors (Lipinski definition) is 5. The van der Waals surface area contributed by atoms with E-state index in [-0.39, 0.29) is 6.61 Å². The van der Waals surface area contributed by atoms with Crippen molar-refractivity contribution in [3.05, 3.63) is 11.9 Å². The summed E-state index contributed by atoms with van der Waals surface area (Å²) in [6.45, 7) is 7.04. The maximum Gasteiger partial charge on any atom is 0.0964 e. The number of nitrogens with zero attached hydrogens (tertiary/aromatic N) is 4. The molecule has 19 heavy (non-hydrogen) atoms. The zero-order chi connectivity index (χ0) is 14.3. The molecule has 0 aliphatic carbocycles. The van der Waals surface area contributed by atoms with Gasteiger partial charge in [0.1, 0.15) is 0 Å². The van der Waals surface area contributed by atoms with Crippen LogP contribution in [-0.2, 0) is 13.1 Å². The molecule has 0 saturated heterocycles. The molecule has 1 heterocycles. The van der Waals surface area contributed by atoms with Crippen LogP contribution in [0.25, 0.3) is 0 Å². The van der Waals surface area contributed by atoms with E-state index in [4.69, 9.17) is 5.11 Å². The minimum absolute atomic E-state index is 0.187. The Hall–Kier alpha value is -0.980. The minimum atomic E-state index is 0.187. The highest BCUT2D eigenvalue weighted by atomic mass is 16.3. The van der Waals surface area contributed by atoms with Gasteiger partial charge in [-0.15, -0.1) is 5.10 Å². The fraction of sp³-hybridized carbons (Fsp3) is 0.846. The summed E-state index contributed by atoms with van der Waals surface area (Å²) in [4.78, 5) is 2.25. The molecule has 1 aromatic heterocycles. The second-order valence-corrected chi connectivity index (χ2v) is 5.46. The van der Waals surface area contributed by atoms with Gasteiger partial charge in [0, 0.05) is 38.5 Å². The van der Waals surface area contributed by atoms with Gasteiger partial charge in [-0.1, -0.05) is 19.1 Å². The maximum absolute atomic E-state index is 8.76. The van der Waals surface area contributed by atoms with Crippen molar-refractivity contribution in [2.45, 2.75) is 39.4 Å². The molecule has 0 aliphatic heterocycles. The van der Waals surface area contributed by atoms with Crippen LogP contribution in [0.1, 0.15) is 26.0 Å². The van der Waals surface area contributed by atoms with Crippen LogP contribution in [0.15, 0.2) is 6.20 Å². The van der Waals surface area contributed by atoms with Gasteiger partial charge < -0.3 is 15.3 Å². The monoisotopic (exact) mass is 269 g/mol. The van der Waals surface area contributed by atoms with Crippen molar-refractivity contribution in [1.82, 2.24) is 25.2 Å². The molecule has 0 fully saturated rings. The van der Waals surface area contributed by atoms with Crippen molar-refractivity contribution < 1.29 is 5.11 Å². The van der Waals surface area contributed by atoms with Crippen LogP contribution in [0.3, 0.4) is 0 Å². The van der Waals surface area contributed by atoms with Gasteiger partial charge in [-0.2, -0.15) is 0 Å².